The summed E-state index contributed by atoms with van der Waals surface area (Å²) in [6.45, 7) is 4.58. The maximum Gasteiger partial charge on any atom is 0.315 e. The van der Waals surface area contributed by atoms with E-state index < -0.39 is 0 Å². The van der Waals surface area contributed by atoms with E-state index in [4.69, 9.17) is 4.74 Å². The van der Waals surface area contributed by atoms with Crippen molar-refractivity contribution in [1.29, 1.82) is 0 Å². The zero-order valence-corrected chi connectivity index (χ0v) is 15.2. The Morgan fingerprint density at radius 1 is 1.21 bits per heavy atom. The first kappa shape index (κ1) is 19.0. The lowest BCUT2D eigenvalue weighted by molar-refractivity contribution is -0.134. The van der Waals surface area contributed by atoms with Crippen LogP contribution in [0.5, 0.6) is 0 Å². The highest BCUT2D eigenvalue weighted by Crippen LogP contribution is 2.30. The Morgan fingerprint density at radius 2 is 1.88 bits per heavy atom. The van der Waals surface area contributed by atoms with Crippen molar-refractivity contribution in [2.45, 2.75) is 63.8 Å². The number of piperidine rings is 1. The summed E-state index contributed by atoms with van der Waals surface area (Å²) < 4.78 is 5.22. The van der Waals surface area contributed by atoms with E-state index in [1.54, 1.807) is 7.11 Å². The fourth-order valence-electron chi connectivity index (χ4n) is 3.96. The SMILES string of the molecule is CCNC(=O)NC1(CCOC)CCN(C(=O)CC2CCCC2)CC1. The quantitative estimate of drug-likeness (QED) is 0.747. The third kappa shape index (κ3) is 5.36. The molecule has 1 heterocycles. The van der Waals surface area contributed by atoms with Crippen LogP contribution in [0, 0.1) is 5.92 Å². The monoisotopic (exact) mass is 339 g/mol. The molecule has 1 saturated carbocycles. The lowest BCUT2D eigenvalue weighted by atomic mass is 9.84. The molecular formula is C18H33N3O3. The first-order valence-electron chi connectivity index (χ1n) is 9.41. The second kappa shape index (κ2) is 9.25. The van der Waals surface area contributed by atoms with E-state index in [-0.39, 0.29) is 11.6 Å². The van der Waals surface area contributed by atoms with Crippen LogP contribution in [0.4, 0.5) is 4.79 Å². The van der Waals surface area contributed by atoms with Crippen LogP contribution in [-0.2, 0) is 9.53 Å². The first-order chi connectivity index (χ1) is 11.6. The van der Waals surface area contributed by atoms with E-state index in [2.05, 4.69) is 10.6 Å². The Kier molecular flexibility index (Phi) is 7.34. The number of nitrogens with one attached hydrogen (secondary N) is 2. The van der Waals surface area contributed by atoms with Crippen molar-refractivity contribution in [2.75, 3.05) is 33.4 Å². The maximum absolute atomic E-state index is 12.5. The minimum absolute atomic E-state index is 0.126. The molecule has 0 aromatic heterocycles. The van der Waals surface area contributed by atoms with Gasteiger partial charge in [0.1, 0.15) is 0 Å². The molecule has 0 bridgehead atoms. The highest BCUT2D eigenvalue weighted by atomic mass is 16.5. The summed E-state index contributed by atoms with van der Waals surface area (Å²) in [7, 11) is 1.68. The van der Waals surface area contributed by atoms with Crippen molar-refractivity contribution in [3.05, 3.63) is 0 Å². The summed E-state index contributed by atoms with van der Waals surface area (Å²) in [4.78, 5) is 26.5. The van der Waals surface area contributed by atoms with Gasteiger partial charge in [0.05, 0.1) is 0 Å². The molecule has 0 aromatic carbocycles. The van der Waals surface area contributed by atoms with Crippen LogP contribution < -0.4 is 10.6 Å². The van der Waals surface area contributed by atoms with Gasteiger partial charge in [-0.1, -0.05) is 12.8 Å². The highest BCUT2D eigenvalue weighted by Gasteiger charge is 2.37. The van der Waals surface area contributed by atoms with Crippen LogP contribution in [0.2, 0.25) is 0 Å². The Hall–Kier alpha value is -1.30. The number of rotatable bonds is 7. The third-order valence-corrected chi connectivity index (χ3v) is 5.51. The minimum Gasteiger partial charge on any atom is -0.385 e. The smallest absolute Gasteiger partial charge is 0.315 e. The van der Waals surface area contributed by atoms with Crippen molar-refractivity contribution in [2.24, 2.45) is 5.92 Å². The molecule has 2 N–H and O–H groups in total. The van der Waals surface area contributed by atoms with E-state index in [0.29, 0.717) is 31.4 Å². The minimum atomic E-state index is -0.264. The summed E-state index contributed by atoms with van der Waals surface area (Å²) in [6.07, 6.45) is 8.03. The average Bonchev–Trinajstić information content (AvgIpc) is 3.07. The predicted molar refractivity (Wildman–Crippen MR) is 93.8 cm³/mol. The number of likely N-dealkylation sites (tertiary alicyclic amines) is 1. The largest absolute Gasteiger partial charge is 0.385 e. The molecular weight excluding hydrogens is 306 g/mol. The molecule has 0 radical (unpaired) electrons. The summed E-state index contributed by atoms with van der Waals surface area (Å²) in [5.41, 5.74) is -0.264. The molecule has 2 rings (SSSR count). The summed E-state index contributed by atoms with van der Waals surface area (Å²) in [5, 5.41) is 5.94. The van der Waals surface area contributed by atoms with Gasteiger partial charge in [0, 0.05) is 45.3 Å². The summed E-state index contributed by atoms with van der Waals surface area (Å²) in [5.74, 6) is 0.881. The summed E-state index contributed by atoms with van der Waals surface area (Å²) in [6, 6.07) is -0.126. The number of hydrogen-bond acceptors (Lipinski definition) is 3. The molecule has 0 aromatic rings. The topological polar surface area (TPSA) is 70.7 Å². The van der Waals surface area contributed by atoms with Crippen molar-refractivity contribution in [1.82, 2.24) is 15.5 Å². The van der Waals surface area contributed by atoms with Gasteiger partial charge in [-0.3, -0.25) is 4.79 Å². The van der Waals surface area contributed by atoms with Crippen LogP contribution in [0.25, 0.3) is 0 Å². The molecule has 2 aliphatic rings. The fraction of sp³-hybridized carbons (Fsp3) is 0.889. The first-order valence-corrected chi connectivity index (χ1v) is 9.41. The Bertz CT molecular complexity index is 414. The lowest BCUT2D eigenvalue weighted by Gasteiger charge is -2.42. The van der Waals surface area contributed by atoms with Crippen molar-refractivity contribution in [3.8, 4) is 0 Å². The van der Waals surface area contributed by atoms with Gasteiger partial charge in [0.25, 0.3) is 0 Å². The van der Waals surface area contributed by atoms with E-state index in [1.165, 1.54) is 25.7 Å². The van der Waals surface area contributed by atoms with Crippen LogP contribution >= 0.6 is 0 Å². The molecule has 138 valence electrons. The molecule has 6 nitrogen and oxygen atoms in total. The Labute approximate surface area is 145 Å². The number of ether oxygens (including phenoxy) is 1. The number of methoxy groups -OCH3 is 1. The van der Waals surface area contributed by atoms with E-state index in [0.717, 1.165) is 32.4 Å². The molecule has 0 spiro atoms. The molecule has 0 unspecified atom stereocenters. The maximum atomic E-state index is 12.5. The Morgan fingerprint density at radius 3 is 2.46 bits per heavy atom. The van der Waals surface area contributed by atoms with Crippen LogP contribution in [0.15, 0.2) is 0 Å². The fourth-order valence-corrected chi connectivity index (χ4v) is 3.96. The molecule has 1 aliphatic heterocycles. The molecule has 1 aliphatic carbocycles. The van der Waals surface area contributed by atoms with E-state index in [1.807, 2.05) is 11.8 Å². The average molecular weight is 339 g/mol. The third-order valence-electron chi connectivity index (χ3n) is 5.51. The van der Waals surface area contributed by atoms with Crippen molar-refractivity contribution >= 4 is 11.9 Å². The van der Waals surface area contributed by atoms with E-state index in [9.17, 15) is 9.59 Å². The standard InChI is InChI=1S/C18H33N3O3/c1-3-19-17(23)20-18(10-13-24-2)8-11-21(12-9-18)16(22)14-15-6-4-5-7-15/h15H,3-14H2,1-2H3,(H2,19,20,23). The van der Waals surface area contributed by atoms with Crippen molar-refractivity contribution in [3.63, 3.8) is 0 Å². The number of hydrogen-bond donors (Lipinski definition) is 2. The second-order valence-corrected chi connectivity index (χ2v) is 7.24. The molecule has 3 amide bonds. The van der Waals surface area contributed by atoms with Gasteiger partial charge in [-0.15, -0.1) is 0 Å². The number of carbonyl (C=O) groups excluding carboxylic acids is 2. The van der Waals surface area contributed by atoms with Crippen LogP contribution in [0.3, 0.4) is 0 Å². The van der Waals surface area contributed by atoms with E-state index >= 15 is 0 Å². The van der Waals surface area contributed by atoms with Gasteiger partial charge in [-0.2, -0.15) is 0 Å². The van der Waals surface area contributed by atoms with Gasteiger partial charge in [0.2, 0.25) is 5.91 Å². The zero-order valence-electron chi connectivity index (χ0n) is 15.2. The van der Waals surface area contributed by atoms with Gasteiger partial charge in [-0.25, -0.2) is 4.79 Å². The number of urea groups is 1. The predicted octanol–water partition coefficient (Wildman–Crippen LogP) is 2.28. The van der Waals surface area contributed by atoms with Crippen LogP contribution in [-0.4, -0.2) is 55.7 Å². The Balaban J connectivity index is 1.86. The second-order valence-electron chi connectivity index (χ2n) is 7.24. The van der Waals surface area contributed by atoms with Gasteiger partial charge in [-0.05, 0) is 44.9 Å². The number of nitrogens with zero attached hydrogens (tertiary/aromatic N) is 1. The zero-order chi connectivity index (χ0) is 17.4. The molecule has 2 fully saturated rings. The molecule has 1 saturated heterocycles. The molecule has 6 heteroatoms. The molecule has 24 heavy (non-hydrogen) atoms. The van der Waals surface area contributed by atoms with Crippen molar-refractivity contribution < 1.29 is 14.3 Å². The molecule has 0 atom stereocenters. The normalized spacial score (nSPS) is 20.8. The van der Waals surface area contributed by atoms with Gasteiger partial charge < -0.3 is 20.3 Å². The number of amides is 3. The van der Waals surface area contributed by atoms with Crippen LogP contribution in [0.1, 0.15) is 58.3 Å². The number of carbonyl (C=O) groups is 2. The summed E-state index contributed by atoms with van der Waals surface area (Å²) >= 11 is 0. The lowest BCUT2D eigenvalue weighted by Crippen LogP contribution is -2.58. The van der Waals surface area contributed by atoms with Gasteiger partial charge in [0.15, 0.2) is 0 Å². The van der Waals surface area contributed by atoms with Gasteiger partial charge >= 0.3 is 6.03 Å². The highest BCUT2D eigenvalue weighted by molar-refractivity contribution is 5.77.